The van der Waals surface area contributed by atoms with Crippen LogP contribution in [0.3, 0.4) is 0 Å². The van der Waals surface area contributed by atoms with Crippen molar-refractivity contribution in [2.45, 2.75) is 32.2 Å². The minimum atomic E-state index is -0.563. The Hall–Kier alpha value is -1.17. The first kappa shape index (κ1) is 9.83. The predicted molar refractivity (Wildman–Crippen MR) is 44.9 cm³/mol. The Bertz CT molecular complexity index is 177. The number of terminal acetylenes is 1. The van der Waals surface area contributed by atoms with E-state index in [-0.39, 0.29) is 0 Å². The van der Waals surface area contributed by atoms with E-state index in [2.05, 4.69) is 11.2 Å². The molecule has 0 aliphatic rings. The summed E-state index contributed by atoms with van der Waals surface area (Å²) in [5, 5.41) is 2.55. The second-order valence-electron chi connectivity index (χ2n) is 2.42. The smallest absolute Gasteiger partial charge is 0.313 e. The quantitative estimate of drug-likeness (QED) is 0.582. The average molecular weight is 154 g/mol. The summed E-state index contributed by atoms with van der Waals surface area (Å²) in [5.74, 6) is 2.53. The predicted octanol–water partition coefficient (Wildman–Crippen LogP) is 0.847. The number of nitrogens with two attached hydrogens (primary N) is 1. The van der Waals surface area contributed by atoms with Gasteiger partial charge in [-0.15, -0.1) is 6.42 Å². The van der Waals surface area contributed by atoms with Gasteiger partial charge >= 0.3 is 6.03 Å². The van der Waals surface area contributed by atoms with Gasteiger partial charge in [0.2, 0.25) is 0 Å². The lowest BCUT2D eigenvalue weighted by Gasteiger charge is -2.25. The second-order valence-corrected chi connectivity index (χ2v) is 2.42. The van der Waals surface area contributed by atoms with Crippen LogP contribution < -0.4 is 11.1 Å². The molecule has 0 spiro atoms. The molecule has 0 atom stereocenters. The molecule has 0 aliphatic heterocycles. The van der Waals surface area contributed by atoms with E-state index in [9.17, 15) is 4.79 Å². The van der Waals surface area contributed by atoms with E-state index in [1.165, 1.54) is 0 Å². The molecule has 0 aromatic rings. The molecule has 0 bridgehead atoms. The number of primary amides is 1. The van der Waals surface area contributed by atoms with Crippen LogP contribution in [0.25, 0.3) is 0 Å². The maximum atomic E-state index is 10.5. The van der Waals surface area contributed by atoms with Crippen molar-refractivity contribution in [2.75, 3.05) is 0 Å². The highest BCUT2D eigenvalue weighted by molar-refractivity contribution is 5.73. The third-order valence-electron chi connectivity index (χ3n) is 1.85. The minimum Gasteiger partial charge on any atom is -0.352 e. The maximum Gasteiger partial charge on any atom is 0.313 e. The topological polar surface area (TPSA) is 55.1 Å². The minimum absolute atomic E-state index is 0.550. The molecule has 3 nitrogen and oxygen atoms in total. The van der Waals surface area contributed by atoms with Gasteiger partial charge in [0.25, 0.3) is 0 Å². The highest BCUT2D eigenvalue weighted by atomic mass is 16.2. The molecule has 0 rings (SSSR count). The van der Waals surface area contributed by atoms with Gasteiger partial charge in [-0.05, 0) is 12.8 Å². The summed E-state index contributed by atoms with van der Waals surface area (Å²) >= 11 is 0. The van der Waals surface area contributed by atoms with Crippen LogP contribution in [0.4, 0.5) is 4.79 Å². The fourth-order valence-electron chi connectivity index (χ4n) is 0.903. The Balaban J connectivity index is 4.32. The lowest BCUT2D eigenvalue weighted by atomic mass is 9.94. The SMILES string of the molecule is C#CC(CC)(CC)NC(N)=O. The zero-order valence-electron chi connectivity index (χ0n) is 6.98. The summed E-state index contributed by atoms with van der Waals surface area (Å²) < 4.78 is 0. The Kier molecular flexibility index (Phi) is 3.46. The zero-order valence-corrected chi connectivity index (χ0v) is 6.98. The number of hydrogen-bond acceptors (Lipinski definition) is 1. The van der Waals surface area contributed by atoms with E-state index in [1.807, 2.05) is 13.8 Å². The lowest BCUT2D eigenvalue weighted by molar-refractivity contribution is 0.239. The van der Waals surface area contributed by atoms with E-state index in [0.29, 0.717) is 12.8 Å². The van der Waals surface area contributed by atoms with Gasteiger partial charge in [-0.25, -0.2) is 4.79 Å². The van der Waals surface area contributed by atoms with E-state index in [0.717, 1.165) is 0 Å². The molecule has 0 radical (unpaired) electrons. The summed E-state index contributed by atoms with van der Waals surface area (Å²) in [7, 11) is 0. The van der Waals surface area contributed by atoms with E-state index in [4.69, 9.17) is 12.2 Å². The molecular weight excluding hydrogens is 140 g/mol. The van der Waals surface area contributed by atoms with Gasteiger partial charge in [0, 0.05) is 0 Å². The van der Waals surface area contributed by atoms with Crippen LogP contribution in [-0.4, -0.2) is 11.6 Å². The molecule has 0 fully saturated rings. The fraction of sp³-hybridized carbons (Fsp3) is 0.625. The van der Waals surface area contributed by atoms with Gasteiger partial charge in [-0.1, -0.05) is 19.8 Å². The van der Waals surface area contributed by atoms with E-state index >= 15 is 0 Å². The first-order chi connectivity index (χ1) is 5.10. The van der Waals surface area contributed by atoms with Crippen molar-refractivity contribution in [1.82, 2.24) is 5.32 Å². The van der Waals surface area contributed by atoms with Crippen molar-refractivity contribution in [1.29, 1.82) is 0 Å². The molecule has 3 heteroatoms. The Morgan fingerprint density at radius 2 is 2.09 bits per heavy atom. The monoisotopic (exact) mass is 154 g/mol. The molecule has 0 saturated heterocycles. The fourth-order valence-corrected chi connectivity index (χ4v) is 0.903. The van der Waals surface area contributed by atoms with Crippen molar-refractivity contribution in [3.8, 4) is 12.3 Å². The molecule has 62 valence electrons. The van der Waals surface area contributed by atoms with E-state index in [1.54, 1.807) is 0 Å². The number of urea groups is 1. The molecule has 2 amide bonds. The van der Waals surface area contributed by atoms with Crippen molar-refractivity contribution in [2.24, 2.45) is 5.73 Å². The molecule has 11 heavy (non-hydrogen) atoms. The van der Waals surface area contributed by atoms with Crippen LogP contribution in [0.1, 0.15) is 26.7 Å². The summed E-state index contributed by atoms with van der Waals surface area (Å²) in [4.78, 5) is 10.5. The number of carbonyl (C=O) groups excluding carboxylic acids is 1. The van der Waals surface area contributed by atoms with Crippen LogP contribution in [-0.2, 0) is 0 Å². The Morgan fingerprint density at radius 3 is 2.18 bits per heavy atom. The first-order valence-corrected chi connectivity index (χ1v) is 3.65. The highest BCUT2D eigenvalue weighted by Gasteiger charge is 2.23. The summed E-state index contributed by atoms with van der Waals surface area (Å²) in [6.07, 6.45) is 6.65. The van der Waals surface area contributed by atoms with Crippen LogP contribution in [0.2, 0.25) is 0 Å². The number of carbonyl (C=O) groups is 1. The van der Waals surface area contributed by atoms with Gasteiger partial charge in [0.05, 0.1) is 0 Å². The standard InChI is InChI=1S/C8H14N2O/c1-4-8(5-2,6-3)10-7(9)11/h1H,5-6H2,2-3H3,(H3,9,10,11). The average Bonchev–Trinajstić information content (AvgIpc) is 2.00. The molecule has 0 unspecified atom stereocenters. The second kappa shape index (κ2) is 3.87. The van der Waals surface area contributed by atoms with Crippen LogP contribution in [0, 0.1) is 12.3 Å². The van der Waals surface area contributed by atoms with Crippen LogP contribution >= 0.6 is 0 Å². The molecule has 0 aromatic carbocycles. The van der Waals surface area contributed by atoms with Crippen molar-refractivity contribution in [3.05, 3.63) is 0 Å². The highest BCUT2D eigenvalue weighted by Crippen LogP contribution is 2.12. The largest absolute Gasteiger partial charge is 0.352 e. The lowest BCUT2D eigenvalue weighted by Crippen LogP contribution is -2.48. The summed E-state index contributed by atoms with van der Waals surface area (Å²) in [6, 6.07) is -0.563. The Labute approximate surface area is 67.3 Å². The summed E-state index contributed by atoms with van der Waals surface area (Å²) in [6.45, 7) is 3.83. The number of amides is 2. The summed E-state index contributed by atoms with van der Waals surface area (Å²) in [5.41, 5.74) is 4.41. The first-order valence-electron chi connectivity index (χ1n) is 3.65. The maximum absolute atomic E-state index is 10.5. The normalized spacial score (nSPS) is 10.3. The molecule has 0 aromatic heterocycles. The van der Waals surface area contributed by atoms with Gasteiger partial charge in [0.15, 0.2) is 0 Å². The number of nitrogens with one attached hydrogen (secondary N) is 1. The third kappa shape index (κ3) is 2.50. The van der Waals surface area contributed by atoms with Crippen molar-refractivity contribution >= 4 is 6.03 Å². The van der Waals surface area contributed by atoms with Gasteiger partial charge < -0.3 is 11.1 Å². The van der Waals surface area contributed by atoms with Gasteiger partial charge in [-0.3, -0.25) is 0 Å². The molecule has 3 N–H and O–H groups in total. The number of hydrogen-bond donors (Lipinski definition) is 2. The zero-order chi connectivity index (χ0) is 8.91. The van der Waals surface area contributed by atoms with Gasteiger partial charge in [0.1, 0.15) is 5.54 Å². The molecular formula is C8H14N2O. The van der Waals surface area contributed by atoms with Crippen molar-refractivity contribution < 1.29 is 4.79 Å². The van der Waals surface area contributed by atoms with E-state index < -0.39 is 11.6 Å². The molecule has 0 heterocycles. The Morgan fingerprint density at radius 1 is 1.64 bits per heavy atom. The van der Waals surface area contributed by atoms with Crippen molar-refractivity contribution in [3.63, 3.8) is 0 Å². The number of rotatable bonds is 3. The van der Waals surface area contributed by atoms with Crippen LogP contribution in [0.15, 0.2) is 0 Å². The van der Waals surface area contributed by atoms with Gasteiger partial charge in [-0.2, -0.15) is 0 Å². The third-order valence-corrected chi connectivity index (χ3v) is 1.85. The molecule has 0 saturated carbocycles. The molecule has 0 aliphatic carbocycles. The van der Waals surface area contributed by atoms with Crippen LogP contribution in [0.5, 0.6) is 0 Å².